The second-order valence-corrected chi connectivity index (χ2v) is 8.83. The van der Waals surface area contributed by atoms with Gasteiger partial charge in [-0.25, -0.2) is 0 Å². The van der Waals surface area contributed by atoms with Crippen LogP contribution in [0.5, 0.6) is 0 Å². The first-order chi connectivity index (χ1) is 15.6. The first-order valence-corrected chi connectivity index (χ1v) is 12.1. The summed E-state index contributed by atoms with van der Waals surface area (Å²) >= 11 is 0. The summed E-state index contributed by atoms with van der Waals surface area (Å²) in [5, 5.41) is 0. The SMILES string of the molecule is COC(=O)CCCC=CC[C@H]1[C@H](N2CCOCC2)[C@@H](OC2CCCCO2)C[C@H]1OC(C)=O. The van der Waals surface area contributed by atoms with Crippen molar-refractivity contribution in [1.82, 2.24) is 4.90 Å². The average Bonchev–Trinajstić information content (AvgIpc) is 3.12. The molecule has 0 bridgehead atoms. The van der Waals surface area contributed by atoms with Gasteiger partial charge in [-0.15, -0.1) is 0 Å². The van der Waals surface area contributed by atoms with Crippen LogP contribution in [0.2, 0.25) is 0 Å². The van der Waals surface area contributed by atoms with Crippen LogP contribution in [0.25, 0.3) is 0 Å². The molecule has 3 aliphatic rings. The van der Waals surface area contributed by atoms with Gasteiger partial charge in [-0.2, -0.15) is 0 Å². The topological polar surface area (TPSA) is 83.5 Å². The molecular weight excluding hydrogens is 414 g/mol. The van der Waals surface area contributed by atoms with Crippen molar-refractivity contribution in [2.45, 2.75) is 82.8 Å². The van der Waals surface area contributed by atoms with Gasteiger partial charge in [0.15, 0.2) is 6.29 Å². The number of methoxy groups -OCH3 is 1. The standard InChI is InChI=1S/C24H39NO7/c1-18(26)31-20-17-21(32-23-11-7-8-14-30-23)24(25-12-15-29-16-13-25)19(20)9-5-3-4-6-10-22(27)28-2/h3,5,19-21,23-24H,4,6-17H2,1-2H3/t19-,20-,21+,23?,24+/m1/s1. The van der Waals surface area contributed by atoms with Crippen molar-refractivity contribution < 1.29 is 33.3 Å². The highest BCUT2D eigenvalue weighted by molar-refractivity contribution is 5.69. The number of carbonyl (C=O) groups excluding carboxylic acids is 2. The van der Waals surface area contributed by atoms with E-state index in [1.165, 1.54) is 14.0 Å². The van der Waals surface area contributed by atoms with E-state index in [9.17, 15) is 9.59 Å². The summed E-state index contributed by atoms with van der Waals surface area (Å²) in [5.41, 5.74) is 0. The number of carbonyl (C=O) groups is 2. The minimum absolute atomic E-state index is 0.0433. The molecule has 2 heterocycles. The number of unbranched alkanes of at least 4 members (excludes halogenated alkanes) is 1. The van der Waals surface area contributed by atoms with Crippen molar-refractivity contribution in [1.29, 1.82) is 0 Å². The second kappa shape index (κ2) is 13.3. The zero-order valence-corrected chi connectivity index (χ0v) is 19.5. The molecule has 32 heavy (non-hydrogen) atoms. The molecule has 3 fully saturated rings. The molecule has 0 aromatic carbocycles. The lowest BCUT2D eigenvalue weighted by Gasteiger charge is -2.39. The van der Waals surface area contributed by atoms with Crippen molar-refractivity contribution in [2.75, 3.05) is 40.0 Å². The number of ether oxygens (including phenoxy) is 5. The number of esters is 2. The summed E-state index contributed by atoms with van der Waals surface area (Å²) in [7, 11) is 1.41. The summed E-state index contributed by atoms with van der Waals surface area (Å²) in [6.07, 6.45) is 10.5. The predicted octanol–water partition coefficient (Wildman–Crippen LogP) is 2.84. The smallest absolute Gasteiger partial charge is 0.305 e. The van der Waals surface area contributed by atoms with Crippen LogP contribution in [-0.4, -0.2) is 81.4 Å². The van der Waals surface area contributed by atoms with Crippen LogP contribution in [-0.2, 0) is 33.3 Å². The van der Waals surface area contributed by atoms with Crippen LogP contribution in [0.15, 0.2) is 12.2 Å². The molecule has 1 unspecified atom stereocenters. The normalized spacial score (nSPS) is 31.6. The van der Waals surface area contributed by atoms with Gasteiger partial charge < -0.3 is 23.7 Å². The third-order valence-electron chi connectivity index (χ3n) is 6.57. The monoisotopic (exact) mass is 453 g/mol. The fourth-order valence-electron chi connectivity index (χ4n) is 5.05. The lowest BCUT2D eigenvalue weighted by atomic mass is 9.94. The van der Waals surface area contributed by atoms with E-state index in [0.717, 1.165) is 58.2 Å². The molecule has 0 amide bonds. The third-order valence-corrected chi connectivity index (χ3v) is 6.57. The van der Waals surface area contributed by atoms with E-state index in [4.69, 9.17) is 23.7 Å². The molecule has 1 saturated carbocycles. The van der Waals surface area contributed by atoms with Crippen molar-refractivity contribution in [2.24, 2.45) is 5.92 Å². The number of hydrogen-bond donors (Lipinski definition) is 0. The van der Waals surface area contributed by atoms with Gasteiger partial charge in [-0.3, -0.25) is 14.5 Å². The lowest BCUT2D eigenvalue weighted by Crippen LogP contribution is -2.51. The Bertz CT molecular complexity index is 613. The minimum atomic E-state index is -0.252. The Morgan fingerprint density at radius 1 is 1.09 bits per heavy atom. The molecule has 5 atom stereocenters. The minimum Gasteiger partial charge on any atom is -0.469 e. The average molecular weight is 454 g/mol. The van der Waals surface area contributed by atoms with E-state index in [1.54, 1.807) is 0 Å². The molecule has 0 aromatic rings. The molecule has 2 aliphatic heterocycles. The predicted molar refractivity (Wildman–Crippen MR) is 118 cm³/mol. The number of nitrogens with zero attached hydrogens (tertiary/aromatic N) is 1. The molecule has 3 rings (SSSR count). The zero-order chi connectivity index (χ0) is 22.8. The molecular formula is C24H39NO7. The Kier molecular flexibility index (Phi) is 10.4. The summed E-state index contributed by atoms with van der Waals surface area (Å²) < 4.78 is 28.4. The van der Waals surface area contributed by atoms with Gasteiger partial charge in [0.05, 0.1) is 26.4 Å². The number of rotatable bonds is 10. The largest absolute Gasteiger partial charge is 0.469 e. The number of morpholine rings is 1. The summed E-state index contributed by atoms with van der Waals surface area (Å²) in [6.45, 7) is 5.33. The zero-order valence-electron chi connectivity index (χ0n) is 19.5. The van der Waals surface area contributed by atoms with Crippen LogP contribution in [0.4, 0.5) is 0 Å². The van der Waals surface area contributed by atoms with E-state index in [-0.39, 0.29) is 42.4 Å². The maximum absolute atomic E-state index is 11.8. The van der Waals surface area contributed by atoms with Crippen LogP contribution < -0.4 is 0 Å². The van der Waals surface area contributed by atoms with E-state index < -0.39 is 0 Å². The number of allylic oxidation sites excluding steroid dienone is 2. The highest BCUT2D eigenvalue weighted by Crippen LogP contribution is 2.39. The van der Waals surface area contributed by atoms with E-state index in [2.05, 4.69) is 17.1 Å². The van der Waals surface area contributed by atoms with E-state index in [0.29, 0.717) is 26.1 Å². The molecule has 8 heteroatoms. The van der Waals surface area contributed by atoms with Crippen molar-refractivity contribution >= 4 is 11.9 Å². The van der Waals surface area contributed by atoms with Crippen LogP contribution >= 0.6 is 0 Å². The Hall–Kier alpha value is -1.48. The Labute approximate surface area is 191 Å². The fourth-order valence-corrected chi connectivity index (χ4v) is 5.05. The molecule has 8 nitrogen and oxygen atoms in total. The molecule has 2 saturated heterocycles. The molecule has 0 aromatic heterocycles. The molecule has 0 N–H and O–H groups in total. The first-order valence-electron chi connectivity index (χ1n) is 12.1. The van der Waals surface area contributed by atoms with Gasteiger partial charge >= 0.3 is 11.9 Å². The highest BCUT2D eigenvalue weighted by Gasteiger charge is 2.48. The van der Waals surface area contributed by atoms with Gasteiger partial charge in [0, 0.05) is 51.4 Å². The summed E-state index contributed by atoms with van der Waals surface area (Å²) in [6, 6.07) is 0.147. The first kappa shape index (κ1) is 25.1. The molecule has 0 spiro atoms. The summed E-state index contributed by atoms with van der Waals surface area (Å²) in [4.78, 5) is 25.6. The molecule has 1 aliphatic carbocycles. The van der Waals surface area contributed by atoms with Gasteiger partial charge in [-0.1, -0.05) is 12.2 Å². The Morgan fingerprint density at radius 3 is 2.59 bits per heavy atom. The maximum Gasteiger partial charge on any atom is 0.305 e. The fraction of sp³-hybridized carbons (Fsp3) is 0.833. The molecule has 0 radical (unpaired) electrons. The Morgan fingerprint density at radius 2 is 1.91 bits per heavy atom. The van der Waals surface area contributed by atoms with E-state index in [1.807, 2.05) is 0 Å². The van der Waals surface area contributed by atoms with Gasteiger partial charge in [0.25, 0.3) is 0 Å². The van der Waals surface area contributed by atoms with Crippen LogP contribution in [0.1, 0.15) is 58.3 Å². The Balaban J connectivity index is 1.67. The number of hydrogen-bond acceptors (Lipinski definition) is 8. The van der Waals surface area contributed by atoms with Crippen LogP contribution in [0.3, 0.4) is 0 Å². The lowest BCUT2D eigenvalue weighted by molar-refractivity contribution is -0.200. The summed E-state index contributed by atoms with van der Waals surface area (Å²) in [5.74, 6) is -0.291. The van der Waals surface area contributed by atoms with Crippen molar-refractivity contribution in [3.63, 3.8) is 0 Å². The second-order valence-electron chi connectivity index (χ2n) is 8.83. The highest BCUT2D eigenvalue weighted by atomic mass is 16.7. The third kappa shape index (κ3) is 7.54. The van der Waals surface area contributed by atoms with Crippen molar-refractivity contribution in [3.8, 4) is 0 Å². The van der Waals surface area contributed by atoms with Gasteiger partial charge in [0.2, 0.25) is 0 Å². The van der Waals surface area contributed by atoms with Gasteiger partial charge in [-0.05, 0) is 38.5 Å². The van der Waals surface area contributed by atoms with Crippen LogP contribution in [0, 0.1) is 5.92 Å². The van der Waals surface area contributed by atoms with Gasteiger partial charge in [0.1, 0.15) is 6.10 Å². The van der Waals surface area contributed by atoms with E-state index >= 15 is 0 Å². The molecule has 182 valence electrons. The maximum atomic E-state index is 11.8. The van der Waals surface area contributed by atoms with Crippen molar-refractivity contribution in [3.05, 3.63) is 12.2 Å². The quantitative estimate of drug-likeness (QED) is 0.284.